The molecule has 5 nitrogen and oxygen atoms in total. The fourth-order valence-corrected chi connectivity index (χ4v) is 4.07. The van der Waals surface area contributed by atoms with Crippen LogP contribution in [0.25, 0.3) is 11.1 Å². The summed E-state index contributed by atoms with van der Waals surface area (Å²) in [5.74, 6) is -1.05. The summed E-state index contributed by atoms with van der Waals surface area (Å²) in [6.07, 6.45) is 0.892. The van der Waals surface area contributed by atoms with Crippen molar-refractivity contribution in [1.82, 2.24) is 4.90 Å². The lowest BCUT2D eigenvalue weighted by Gasteiger charge is -2.24. The molecule has 5 heteroatoms. The third-order valence-corrected chi connectivity index (χ3v) is 5.43. The van der Waals surface area contributed by atoms with Gasteiger partial charge in [-0.15, -0.1) is 0 Å². The Bertz CT molecular complexity index is 849. The highest BCUT2D eigenvalue weighted by molar-refractivity contribution is 5.95. The number of nitrogens with zero attached hydrogens (tertiary/aromatic N) is 1. The minimum absolute atomic E-state index is 0.106. The van der Waals surface area contributed by atoms with Gasteiger partial charge in [-0.05, 0) is 62.5 Å². The number of hydrogen-bond acceptors (Lipinski definition) is 5. The molecule has 3 rings (SSSR count). The first-order valence-corrected chi connectivity index (χ1v) is 10.3. The van der Waals surface area contributed by atoms with Crippen molar-refractivity contribution < 1.29 is 19.1 Å². The molecule has 1 heterocycles. The van der Waals surface area contributed by atoms with E-state index < -0.39 is 11.9 Å². The van der Waals surface area contributed by atoms with Crippen LogP contribution < -0.4 is 0 Å². The fraction of sp³-hybridized carbons (Fsp3) is 0.417. The number of esters is 2. The van der Waals surface area contributed by atoms with Gasteiger partial charge in [0, 0.05) is 6.54 Å². The van der Waals surface area contributed by atoms with E-state index in [0.29, 0.717) is 17.7 Å². The maximum atomic E-state index is 12.9. The lowest BCUT2D eigenvalue weighted by atomic mass is 9.82. The molecule has 2 atom stereocenters. The van der Waals surface area contributed by atoms with Crippen LogP contribution in [0.1, 0.15) is 42.1 Å². The van der Waals surface area contributed by atoms with Crippen LogP contribution in [0, 0.1) is 5.92 Å². The Labute approximate surface area is 172 Å². The van der Waals surface area contributed by atoms with E-state index in [2.05, 4.69) is 4.90 Å². The molecule has 0 N–H and O–H groups in total. The Morgan fingerprint density at radius 1 is 1.03 bits per heavy atom. The summed E-state index contributed by atoms with van der Waals surface area (Å²) in [5.41, 5.74) is 3.07. The van der Waals surface area contributed by atoms with E-state index in [-0.39, 0.29) is 18.5 Å². The highest BCUT2D eigenvalue weighted by Crippen LogP contribution is 2.36. The molecule has 29 heavy (non-hydrogen) atoms. The summed E-state index contributed by atoms with van der Waals surface area (Å²) >= 11 is 0. The molecular formula is C24H29NO4. The summed E-state index contributed by atoms with van der Waals surface area (Å²) in [7, 11) is 2.05. The standard InChI is InChI=1S/C24H29NO4/c1-4-28-23(26)21-15-18(17-9-7-6-8-10-17)11-12-20(21)22(24(27)29-5-2)19-13-14-25(3)16-19/h6-12,15,19,22H,4-5,13-14,16H2,1-3H3. The maximum Gasteiger partial charge on any atom is 0.338 e. The van der Waals surface area contributed by atoms with E-state index in [9.17, 15) is 9.59 Å². The van der Waals surface area contributed by atoms with Gasteiger partial charge >= 0.3 is 11.9 Å². The number of benzene rings is 2. The number of rotatable bonds is 7. The van der Waals surface area contributed by atoms with Crippen LogP contribution in [0.5, 0.6) is 0 Å². The monoisotopic (exact) mass is 395 g/mol. The number of carbonyl (C=O) groups is 2. The Hall–Kier alpha value is -2.66. The average molecular weight is 395 g/mol. The lowest BCUT2D eigenvalue weighted by molar-refractivity contribution is -0.146. The van der Waals surface area contributed by atoms with Crippen molar-refractivity contribution in [1.29, 1.82) is 0 Å². The van der Waals surface area contributed by atoms with Crippen LogP contribution in [0.3, 0.4) is 0 Å². The topological polar surface area (TPSA) is 55.8 Å². The van der Waals surface area contributed by atoms with E-state index in [0.717, 1.165) is 30.6 Å². The van der Waals surface area contributed by atoms with Crippen molar-refractivity contribution in [2.24, 2.45) is 5.92 Å². The van der Waals surface area contributed by atoms with Gasteiger partial charge in [0.15, 0.2) is 0 Å². The average Bonchev–Trinajstić information content (AvgIpc) is 3.15. The zero-order chi connectivity index (χ0) is 20.8. The summed E-state index contributed by atoms with van der Waals surface area (Å²) in [6, 6.07) is 15.6. The van der Waals surface area contributed by atoms with Crippen LogP contribution in [-0.2, 0) is 14.3 Å². The van der Waals surface area contributed by atoms with Crippen molar-refractivity contribution in [3.05, 3.63) is 59.7 Å². The molecule has 1 saturated heterocycles. The van der Waals surface area contributed by atoms with Crippen molar-refractivity contribution in [2.75, 3.05) is 33.4 Å². The fourth-order valence-electron chi connectivity index (χ4n) is 4.07. The zero-order valence-electron chi connectivity index (χ0n) is 17.4. The van der Waals surface area contributed by atoms with Gasteiger partial charge in [-0.3, -0.25) is 4.79 Å². The van der Waals surface area contributed by atoms with Gasteiger partial charge in [0.1, 0.15) is 0 Å². The van der Waals surface area contributed by atoms with E-state index in [1.165, 1.54) is 0 Å². The smallest absolute Gasteiger partial charge is 0.338 e. The highest BCUT2D eigenvalue weighted by atomic mass is 16.5. The van der Waals surface area contributed by atoms with E-state index >= 15 is 0 Å². The highest BCUT2D eigenvalue weighted by Gasteiger charge is 2.37. The van der Waals surface area contributed by atoms with Crippen LogP contribution in [0.4, 0.5) is 0 Å². The number of hydrogen-bond donors (Lipinski definition) is 0. The summed E-state index contributed by atoms with van der Waals surface area (Å²) in [5, 5.41) is 0. The Morgan fingerprint density at radius 3 is 2.38 bits per heavy atom. The summed E-state index contributed by atoms with van der Waals surface area (Å²) < 4.78 is 10.7. The molecule has 0 radical (unpaired) electrons. The molecule has 1 fully saturated rings. The second-order valence-electron chi connectivity index (χ2n) is 7.43. The molecule has 2 aromatic carbocycles. The third-order valence-electron chi connectivity index (χ3n) is 5.43. The summed E-state index contributed by atoms with van der Waals surface area (Å²) in [6.45, 7) is 5.91. The molecule has 154 valence electrons. The van der Waals surface area contributed by atoms with Crippen LogP contribution in [-0.4, -0.2) is 50.2 Å². The number of ether oxygens (including phenoxy) is 2. The normalized spacial score (nSPS) is 17.7. The Kier molecular flexibility index (Phi) is 7.04. The second kappa shape index (κ2) is 9.70. The first kappa shape index (κ1) is 21.1. The molecule has 1 aliphatic heterocycles. The third kappa shape index (κ3) is 4.85. The Balaban J connectivity index is 2.08. The molecule has 2 unspecified atom stereocenters. The molecule has 0 bridgehead atoms. The molecular weight excluding hydrogens is 366 g/mol. The SMILES string of the molecule is CCOC(=O)c1cc(-c2ccccc2)ccc1C(C(=O)OCC)C1CCN(C)C1. The van der Waals surface area contributed by atoms with Crippen molar-refractivity contribution in [3.63, 3.8) is 0 Å². The van der Waals surface area contributed by atoms with Gasteiger partial charge in [-0.2, -0.15) is 0 Å². The van der Waals surface area contributed by atoms with Gasteiger partial charge in [-0.1, -0.05) is 42.5 Å². The van der Waals surface area contributed by atoms with Gasteiger partial charge in [0.25, 0.3) is 0 Å². The molecule has 0 amide bonds. The number of carbonyl (C=O) groups excluding carboxylic acids is 2. The second-order valence-corrected chi connectivity index (χ2v) is 7.43. The van der Waals surface area contributed by atoms with Gasteiger partial charge in [0.05, 0.1) is 24.7 Å². The summed E-state index contributed by atoms with van der Waals surface area (Å²) in [4.78, 5) is 28.0. The van der Waals surface area contributed by atoms with Crippen LogP contribution in [0.15, 0.2) is 48.5 Å². The van der Waals surface area contributed by atoms with Crippen molar-refractivity contribution >= 4 is 11.9 Å². The first-order chi connectivity index (χ1) is 14.0. The van der Waals surface area contributed by atoms with Crippen molar-refractivity contribution in [2.45, 2.75) is 26.2 Å². The van der Waals surface area contributed by atoms with Crippen molar-refractivity contribution in [3.8, 4) is 11.1 Å². The minimum atomic E-state index is -0.482. The Morgan fingerprint density at radius 2 is 1.76 bits per heavy atom. The largest absolute Gasteiger partial charge is 0.466 e. The predicted molar refractivity (Wildman–Crippen MR) is 113 cm³/mol. The molecule has 0 saturated carbocycles. The maximum absolute atomic E-state index is 12.9. The molecule has 0 aliphatic carbocycles. The molecule has 2 aromatic rings. The molecule has 0 spiro atoms. The van der Waals surface area contributed by atoms with E-state index in [1.807, 2.05) is 55.6 Å². The molecule has 0 aromatic heterocycles. The zero-order valence-corrected chi connectivity index (χ0v) is 17.4. The van der Waals surface area contributed by atoms with E-state index in [4.69, 9.17) is 9.47 Å². The minimum Gasteiger partial charge on any atom is -0.466 e. The van der Waals surface area contributed by atoms with Crippen LogP contribution >= 0.6 is 0 Å². The predicted octanol–water partition coefficient (Wildman–Crippen LogP) is 4.13. The first-order valence-electron chi connectivity index (χ1n) is 10.3. The quantitative estimate of drug-likeness (QED) is 0.660. The van der Waals surface area contributed by atoms with E-state index in [1.54, 1.807) is 13.8 Å². The lowest BCUT2D eigenvalue weighted by Crippen LogP contribution is -2.28. The van der Waals surface area contributed by atoms with Gasteiger partial charge < -0.3 is 14.4 Å². The number of likely N-dealkylation sites (tertiary alicyclic amines) is 1. The van der Waals surface area contributed by atoms with Gasteiger partial charge in [0.2, 0.25) is 0 Å². The molecule has 1 aliphatic rings. The van der Waals surface area contributed by atoms with Gasteiger partial charge in [-0.25, -0.2) is 4.79 Å². The van der Waals surface area contributed by atoms with Crippen LogP contribution in [0.2, 0.25) is 0 Å².